The largest absolute Gasteiger partial charge is 0.296 e. The van der Waals surface area contributed by atoms with Gasteiger partial charge in [0.05, 0.1) is 18.1 Å². The molecule has 0 unspecified atom stereocenters. The summed E-state index contributed by atoms with van der Waals surface area (Å²) in [4.78, 5) is 29.7. The van der Waals surface area contributed by atoms with Gasteiger partial charge in [-0.05, 0) is 31.5 Å². The van der Waals surface area contributed by atoms with E-state index in [4.69, 9.17) is 0 Å². The van der Waals surface area contributed by atoms with Crippen LogP contribution in [-0.4, -0.2) is 40.8 Å². The summed E-state index contributed by atoms with van der Waals surface area (Å²) in [6.45, 7) is 3.94. The minimum absolute atomic E-state index is 0.233. The van der Waals surface area contributed by atoms with E-state index in [9.17, 15) is 4.79 Å². The lowest BCUT2D eigenvalue weighted by Gasteiger charge is -2.04. The number of carbonyl (C=O) groups is 1. The summed E-state index contributed by atoms with van der Waals surface area (Å²) in [7, 11) is 0. The summed E-state index contributed by atoms with van der Waals surface area (Å²) in [5, 5.41) is 12.8. The first kappa shape index (κ1) is 16.9. The van der Waals surface area contributed by atoms with Crippen molar-refractivity contribution in [1.82, 2.24) is 34.9 Å². The van der Waals surface area contributed by atoms with Gasteiger partial charge in [-0.3, -0.25) is 20.1 Å². The van der Waals surface area contributed by atoms with Crippen molar-refractivity contribution >= 4 is 22.4 Å². The molecular formula is C17H14N8OS. The number of nitrogens with zero attached hydrogens (tertiary/aromatic N) is 7. The molecule has 0 atom stereocenters. The quantitative estimate of drug-likeness (QED) is 0.580. The minimum atomic E-state index is -0.389. The lowest BCUT2D eigenvalue weighted by molar-refractivity contribution is 0.101. The van der Waals surface area contributed by atoms with E-state index in [2.05, 4.69) is 35.6 Å². The van der Waals surface area contributed by atoms with Crippen LogP contribution in [0.4, 0.5) is 5.13 Å². The van der Waals surface area contributed by atoms with Gasteiger partial charge < -0.3 is 0 Å². The Hall–Kier alpha value is -3.53. The Balaban J connectivity index is 1.57. The molecule has 0 saturated carbocycles. The zero-order chi connectivity index (χ0) is 18.8. The van der Waals surface area contributed by atoms with Crippen molar-refractivity contribution in [3.8, 4) is 17.2 Å². The summed E-state index contributed by atoms with van der Waals surface area (Å²) >= 11 is 1.32. The summed E-state index contributed by atoms with van der Waals surface area (Å²) < 4.78 is 1.32. The van der Waals surface area contributed by atoms with E-state index >= 15 is 0 Å². The van der Waals surface area contributed by atoms with Gasteiger partial charge >= 0.3 is 0 Å². The maximum absolute atomic E-state index is 12.6. The standard InChI is InChI=1S/C17H14N8OS/c1-10-5-11(2)21-12(6-10)13-9-27-17(22-13)23-16(26)14-7-20-24-25(14)15-8-18-3-4-19-15/h3-9H,1-2H3,(H,22,23,26). The average Bonchev–Trinajstić information content (AvgIpc) is 3.31. The van der Waals surface area contributed by atoms with Crippen molar-refractivity contribution in [2.24, 2.45) is 0 Å². The first-order valence-electron chi connectivity index (χ1n) is 8.00. The first-order chi connectivity index (χ1) is 13.1. The number of rotatable bonds is 4. The Kier molecular flexibility index (Phi) is 4.38. The molecule has 0 radical (unpaired) electrons. The molecule has 0 saturated heterocycles. The molecule has 0 aliphatic heterocycles. The zero-order valence-electron chi connectivity index (χ0n) is 14.5. The molecule has 9 nitrogen and oxygen atoms in total. The molecule has 0 aromatic carbocycles. The topological polar surface area (TPSA) is 111 Å². The van der Waals surface area contributed by atoms with E-state index in [0.717, 1.165) is 17.0 Å². The van der Waals surface area contributed by atoms with E-state index in [1.54, 1.807) is 0 Å². The number of aromatic nitrogens is 7. The van der Waals surface area contributed by atoms with Crippen LogP contribution in [0.1, 0.15) is 21.7 Å². The number of carbonyl (C=O) groups excluding carboxylic acids is 1. The second-order valence-corrected chi connectivity index (χ2v) is 6.62. The smallest absolute Gasteiger partial charge is 0.277 e. The van der Waals surface area contributed by atoms with Crippen LogP contribution in [0.2, 0.25) is 0 Å². The van der Waals surface area contributed by atoms with Crippen LogP contribution in [0.5, 0.6) is 0 Å². The number of amides is 1. The second-order valence-electron chi connectivity index (χ2n) is 5.76. The van der Waals surface area contributed by atoms with Crippen molar-refractivity contribution in [2.45, 2.75) is 13.8 Å². The van der Waals surface area contributed by atoms with Crippen LogP contribution >= 0.6 is 11.3 Å². The molecule has 27 heavy (non-hydrogen) atoms. The Morgan fingerprint density at radius 2 is 2.00 bits per heavy atom. The number of hydrogen-bond donors (Lipinski definition) is 1. The highest BCUT2D eigenvalue weighted by atomic mass is 32.1. The molecule has 4 aromatic heterocycles. The number of anilines is 1. The van der Waals surface area contributed by atoms with Gasteiger partial charge in [-0.1, -0.05) is 5.21 Å². The SMILES string of the molecule is Cc1cc(C)nc(-c2csc(NC(=O)c3cnnn3-c3cnccn3)n2)c1. The van der Waals surface area contributed by atoms with Gasteiger partial charge in [0.1, 0.15) is 5.69 Å². The molecule has 1 N–H and O–H groups in total. The molecule has 1 amide bonds. The van der Waals surface area contributed by atoms with Crippen molar-refractivity contribution in [3.05, 3.63) is 59.3 Å². The molecular weight excluding hydrogens is 364 g/mol. The van der Waals surface area contributed by atoms with Gasteiger partial charge in [-0.25, -0.2) is 9.97 Å². The van der Waals surface area contributed by atoms with Gasteiger partial charge in [0.2, 0.25) is 0 Å². The molecule has 0 aliphatic carbocycles. The van der Waals surface area contributed by atoms with Crippen molar-refractivity contribution in [1.29, 1.82) is 0 Å². The predicted octanol–water partition coefficient (Wildman–Crippen LogP) is 2.44. The van der Waals surface area contributed by atoms with Crippen LogP contribution in [0.15, 0.2) is 42.3 Å². The molecule has 4 aromatic rings. The van der Waals surface area contributed by atoms with E-state index < -0.39 is 0 Å². The average molecular weight is 378 g/mol. The third-order valence-corrected chi connectivity index (χ3v) is 4.39. The lowest BCUT2D eigenvalue weighted by atomic mass is 10.2. The Morgan fingerprint density at radius 1 is 1.11 bits per heavy atom. The predicted molar refractivity (Wildman–Crippen MR) is 99.7 cm³/mol. The highest BCUT2D eigenvalue weighted by molar-refractivity contribution is 7.14. The maximum Gasteiger partial charge on any atom is 0.277 e. The molecule has 10 heteroatoms. The number of hydrogen-bond acceptors (Lipinski definition) is 8. The van der Waals surface area contributed by atoms with Gasteiger partial charge in [0.15, 0.2) is 16.6 Å². The van der Waals surface area contributed by atoms with Gasteiger partial charge in [-0.2, -0.15) is 4.68 Å². The molecule has 0 spiro atoms. The van der Waals surface area contributed by atoms with Gasteiger partial charge in [0, 0.05) is 23.5 Å². The summed E-state index contributed by atoms with van der Waals surface area (Å²) in [5.41, 5.74) is 3.74. The van der Waals surface area contributed by atoms with Crippen molar-refractivity contribution in [2.75, 3.05) is 5.32 Å². The fraction of sp³-hybridized carbons (Fsp3) is 0.118. The van der Waals surface area contributed by atoms with Crippen LogP contribution in [-0.2, 0) is 0 Å². The zero-order valence-corrected chi connectivity index (χ0v) is 15.3. The van der Waals surface area contributed by atoms with Crippen LogP contribution in [0.25, 0.3) is 17.2 Å². The van der Waals surface area contributed by atoms with Crippen LogP contribution in [0.3, 0.4) is 0 Å². The maximum atomic E-state index is 12.6. The molecule has 0 fully saturated rings. The monoisotopic (exact) mass is 378 g/mol. The first-order valence-corrected chi connectivity index (χ1v) is 8.88. The van der Waals surface area contributed by atoms with E-state index in [1.165, 1.54) is 40.8 Å². The van der Waals surface area contributed by atoms with Crippen molar-refractivity contribution in [3.63, 3.8) is 0 Å². The van der Waals surface area contributed by atoms with Gasteiger partial charge in [0.25, 0.3) is 5.91 Å². The molecule has 0 bridgehead atoms. The normalized spacial score (nSPS) is 10.7. The molecule has 4 heterocycles. The minimum Gasteiger partial charge on any atom is -0.296 e. The Morgan fingerprint density at radius 3 is 2.78 bits per heavy atom. The number of aryl methyl sites for hydroxylation is 2. The third-order valence-electron chi connectivity index (χ3n) is 3.63. The molecule has 0 aliphatic rings. The van der Waals surface area contributed by atoms with E-state index in [-0.39, 0.29) is 11.6 Å². The van der Waals surface area contributed by atoms with Gasteiger partial charge in [-0.15, -0.1) is 16.4 Å². The Bertz CT molecular complexity index is 1080. The highest BCUT2D eigenvalue weighted by Crippen LogP contribution is 2.25. The molecule has 134 valence electrons. The summed E-state index contributed by atoms with van der Waals surface area (Å²) in [6.07, 6.45) is 5.92. The molecule has 4 rings (SSSR count). The number of pyridine rings is 1. The van der Waals surface area contributed by atoms with E-state index in [1.807, 2.05) is 31.4 Å². The summed E-state index contributed by atoms with van der Waals surface area (Å²) in [6, 6.07) is 3.96. The second kappa shape index (κ2) is 7.00. The third kappa shape index (κ3) is 3.55. The van der Waals surface area contributed by atoms with Crippen LogP contribution in [0, 0.1) is 13.8 Å². The fourth-order valence-electron chi connectivity index (χ4n) is 2.54. The van der Waals surface area contributed by atoms with E-state index in [0.29, 0.717) is 16.6 Å². The fourth-order valence-corrected chi connectivity index (χ4v) is 3.24. The number of nitrogens with one attached hydrogen (secondary N) is 1. The lowest BCUT2D eigenvalue weighted by Crippen LogP contribution is -2.17. The highest BCUT2D eigenvalue weighted by Gasteiger charge is 2.17. The number of thiazole rings is 1. The van der Waals surface area contributed by atoms with Crippen molar-refractivity contribution < 1.29 is 4.79 Å². The van der Waals surface area contributed by atoms with Crippen LogP contribution < -0.4 is 5.32 Å². The summed E-state index contributed by atoms with van der Waals surface area (Å²) in [5.74, 6) is 0.0133. The Labute approximate surface area is 158 Å².